The number of para-hydroxylation sites is 1. The van der Waals surface area contributed by atoms with E-state index in [0.29, 0.717) is 22.6 Å². The molecule has 0 spiro atoms. The molecule has 4 nitrogen and oxygen atoms in total. The van der Waals surface area contributed by atoms with Gasteiger partial charge in [0.2, 0.25) is 0 Å². The van der Waals surface area contributed by atoms with Crippen molar-refractivity contribution in [3.8, 4) is 17.2 Å². The molecule has 0 bridgehead atoms. The molecule has 2 aromatic rings. The summed E-state index contributed by atoms with van der Waals surface area (Å²) in [5.41, 5.74) is 0.653. The quantitative estimate of drug-likeness (QED) is 0.773. The van der Waals surface area contributed by atoms with Crippen LogP contribution in [0.2, 0.25) is 0 Å². The predicted octanol–water partition coefficient (Wildman–Crippen LogP) is 2.17. The van der Waals surface area contributed by atoms with Crippen molar-refractivity contribution in [2.75, 3.05) is 0 Å². The molecule has 4 heteroatoms. The lowest BCUT2D eigenvalue weighted by molar-refractivity contribution is 0.262. The first-order valence-corrected chi connectivity index (χ1v) is 5.54. The van der Waals surface area contributed by atoms with Gasteiger partial charge in [0.1, 0.15) is 17.2 Å². The van der Waals surface area contributed by atoms with Crippen LogP contribution in [0.3, 0.4) is 0 Å². The maximum atomic E-state index is 9.70. The molecule has 0 radical (unpaired) electrons. The topological polar surface area (TPSA) is 69.9 Å². The number of phenols is 1. The second-order valence-corrected chi connectivity index (χ2v) is 3.82. The van der Waals surface area contributed by atoms with Crippen LogP contribution in [-0.2, 0) is 13.2 Å². The highest BCUT2D eigenvalue weighted by Gasteiger charge is 2.10. The Morgan fingerprint density at radius 2 is 1.39 bits per heavy atom. The van der Waals surface area contributed by atoms with Crippen molar-refractivity contribution < 1.29 is 20.1 Å². The van der Waals surface area contributed by atoms with E-state index in [1.807, 2.05) is 18.2 Å². The Hall–Kier alpha value is -2.04. The van der Waals surface area contributed by atoms with E-state index >= 15 is 0 Å². The van der Waals surface area contributed by atoms with Crippen molar-refractivity contribution in [1.29, 1.82) is 0 Å². The molecule has 0 saturated carbocycles. The average molecular weight is 246 g/mol. The van der Waals surface area contributed by atoms with Gasteiger partial charge in [0, 0.05) is 11.1 Å². The molecule has 0 atom stereocenters. The zero-order chi connectivity index (χ0) is 13.0. The molecule has 0 saturated heterocycles. The van der Waals surface area contributed by atoms with Crippen molar-refractivity contribution in [1.82, 2.24) is 0 Å². The molecule has 0 unspecified atom stereocenters. The van der Waals surface area contributed by atoms with Crippen molar-refractivity contribution in [2.45, 2.75) is 13.2 Å². The Morgan fingerprint density at radius 1 is 0.833 bits per heavy atom. The van der Waals surface area contributed by atoms with Gasteiger partial charge in [-0.2, -0.15) is 0 Å². The van der Waals surface area contributed by atoms with Crippen molar-refractivity contribution in [3.05, 3.63) is 53.6 Å². The summed E-state index contributed by atoms with van der Waals surface area (Å²) in [6.45, 7) is -0.629. The third-order valence-corrected chi connectivity index (χ3v) is 2.56. The minimum absolute atomic E-state index is 0.0968. The highest BCUT2D eigenvalue weighted by molar-refractivity contribution is 5.47. The highest BCUT2D eigenvalue weighted by atomic mass is 16.5. The van der Waals surface area contributed by atoms with Crippen LogP contribution in [0, 0.1) is 0 Å². The third kappa shape index (κ3) is 2.61. The molecule has 0 heterocycles. The molecule has 0 aromatic heterocycles. The van der Waals surface area contributed by atoms with Crippen LogP contribution in [0.4, 0.5) is 0 Å². The second kappa shape index (κ2) is 5.53. The Labute approximate surface area is 105 Å². The molecule has 0 fully saturated rings. The number of benzene rings is 2. The van der Waals surface area contributed by atoms with Crippen LogP contribution in [0.5, 0.6) is 17.2 Å². The first-order valence-electron chi connectivity index (χ1n) is 5.54. The van der Waals surface area contributed by atoms with Gasteiger partial charge in [-0.05, 0) is 24.3 Å². The van der Waals surface area contributed by atoms with Gasteiger partial charge in [0.15, 0.2) is 0 Å². The van der Waals surface area contributed by atoms with Gasteiger partial charge in [-0.15, -0.1) is 0 Å². The normalized spacial score (nSPS) is 10.3. The van der Waals surface area contributed by atoms with E-state index in [-0.39, 0.29) is 19.0 Å². The fourth-order valence-corrected chi connectivity index (χ4v) is 1.65. The molecule has 0 amide bonds. The van der Waals surface area contributed by atoms with Crippen LogP contribution in [0.15, 0.2) is 42.5 Å². The summed E-state index contributed by atoms with van der Waals surface area (Å²) in [6, 6.07) is 12.2. The van der Waals surface area contributed by atoms with E-state index in [0.717, 1.165) is 0 Å². The molecular weight excluding hydrogens is 232 g/mol. The van der Waals surface area contributed by atoms with Crippen LogP contribution < -0.4 is 4.74 Å². The summed E-state index contributed by atoms with van der Waals surface area (Å²) in [5.74, 6) is 1.02. The van der Waals surface area contributed by atoms with Gasteiger partial charge < -0.3 is 20.1 Å². The lowest BCUT2D eigenvalue weighted by atomic mass is 10.1. The smallest absolute Gasteiger partial charge is 0.128 e. The van der Waals surface area contributed by atoms with Crippen LogP contribution in [0.25, 0.3) is 0 Å². The molecule has 2 aromatic carbocycles. The lowest BCUT2D eigenvalue weighted by Gasteiger charge is -2.11. The van der Waals surface area contributed by atoms with E-state index in [4.69, 9.17) is 14.9 Å². The summed E-state index contributed by atoms with van der Waals surface area (Å²) in [7, 11) is 0. The Kier molecular flexibility index (Phi) is 3.82. The molecule has 2 rings (SSSR count). The summed E-state index contributed by atoms with van der Waals surface area (Å²) >= 11 is 0. The van der Waals surface area contributed by atoms with Gasteiger partial charge in [-0.3, -0.25) is 0 Å². The number of hydrogen-bond donors (Lipinski definition) is 3. The number of aliphatic hydroxyl groups is 2. The molecule has 3 N–H and O–H groups in total. The van der Waals surface area contributed by atoms with E-state index < -0.39 is 0 Å². The number of aromatic hydroxyl groups is 1. The summed E-state index contributed by atoms with van der Waals surface area (Å²) < 4.78 is 5.58. The summed E-state index contributed by atoms with van der Waals surface area (Å²) in [4.78, 5) is 0. The zero-order valence-corrected chi connectivity index (χ0v) is 9.71. The maximum Gasteiger partial charge on any atom is 0.128 e. The standard InChI is InChI=1S/C14H14O4/c15-8-10-6-13(7-11(9-16)14(10)17)18-12-4-2-1-3-5-12/h1-7,15-17H,8-9H2. The van der Waals surface area contributed by atoms with Crippen molar-refractivity contribution in [3.63, 3.8) is 0 Å². The van der Waals surface area contributed by atoms with E-state index in [2.05, 4.69) is 0 Å². The minimum Gasteiger partial charge on any atom is -0.507 e. The van der Waals surface area contributed by atoms with Gasteiger partial charge >= 0.3 is 0 Å². The zero-order valence-electron chi connectivity index (χ0n) is 9.71. The molecule has 94 valence electrons. The van der Waals surface area contributed by atoms with Crippen LogP contribution in [-0.4, -0.2) is 15.3 Å². The SMILES string of the molecule is OCc1cc(Oc2ccccc2)cc(CO)c1O. The monoisotopic (exact) mass is 246 g/mol. The summed E-state index contributed by atoms with van der Waals surface area (Å²) in [6.07, 6.45) is 0. The highest BCUT2D eigenvalue weighted by Crippen LogP contribution is 2.31. The molecule has 0 aliphatic rings. The molecule has 0 aliphatic heterocycles. The van der Waals surface area contributed by atoms with E-state index in [1.54, 1.807) is 24.3 Å². The van der Waals surface area contributed by atoms with Gasteiger partial charge in [-0.1, -0.05) is 18.2 Å². The first kappa shape index (κ1) is 12.4. The Morgan fingerprint density at radius 3 is 1.89 bits per heavy atom. The first-order chi connectivity index (χ1) is 8.74. The predicted molar refractivity (Wildman–Crippen MR) is 66.5 cm³/mol. The maximum absolute atomic E-state index is 9.70. The van der Waals surface area contributed by atoms with Gasteiger partial charge in [0.25, 0.3) is 0 Å². The fraction of sp³-hybridized carbons (Fsp3) is 0.143. The largest absolute Gasteiger partial charge is 0.507 e. The van der Waals surface area contributed by atoms with Crippen LogP contribution in [0.1, 0.15) is 11.1 Å². The van der Waals surface area contributed by atoms with Crippen LogP contribution >= 0.6 is 0 Å². The number of rotatable bonds is 4. The molecule has 18 heavy (non-hydrogen) atoms. The molecular formula is C14H14O4. The fourth-order valence-electron chi connectivity index (χ4n) is 1.65. The van der Waals surface area contributed by atoms with Gasteiger partial charge in [0.05, 0.1) is 13.2 Å². The number of ether oxygens (including phenoxy) is 1. The van der Waals surface area contributed by atoms with E-state index in [1.165, 1.54) is 0 Å². The summed E-state index contributed by atoms with van der Waals surface area (Å²) in [5, 5.41) is 28.0. The third-order valence-electron chi connectivity index (χ3n) is 2.56. The number of hydrogen-bond acceptors (Lipinski definition) is 4. The van der Waals surface area contributed by atoms with Gasteiger partial charge in [-0.25, -0.2) is 0 Å². The lowest BCUT2D eigenvalue weighted by Crippen LogP contribution is -1.94. The Bertz CT molecular complexity index is 498. The number of aliphatic hydroxyl groups excluding tert-OH is 2. The van der Waals surface area contributed by atoms with E-state index in [9.17, 15) is 5.11 Å². The average Bonchev–Trinajstić information content (AvgIpc) is 2.41. The minimum atomic E-state index is -0.315. The van der Waals surface area contributed by atoms with Crippen molar-refractivity contribution in [2.24, 2.45) is 0 Å². The second-order valence-electron chi connectivity index (χ2n) is 3.82. The molecule has 0 aliphatic carbocycles. The van der Waals surface area contributed by atoms with Crippen molar-refractivity contribution >= 4 is 0 Å². The Balaban J connectivity index is 2.34.